The Hall–Kier alpha value is -1.36. The van der Waals surface area contributed by atoms with Gasteiger partial charge in [0, 0.05) is 0 Å². The van der Waals surface area contributed by atoms with E-state index in [0.29, 0.717) is 0 Å². The monoisotopic (exact) mass is 206 g/mol. The van der Waals surface area contributed by atoms with E-state index in [4.69, 9.17) is 5.73 Å². The summed E-state index contributed by atoms with van der Waals surface area (Å²) in [5.74, 6) is -1.42. The number of esters is 1. The van der Waals surface area contributed by atoms with Crippen LogP contribution in [0.5, 0.6) is 0 Å². The van der Waals surface area contributed by atoms with Gasteiger partial charge < -0.3 is 10.5 Å². The molecule has 0 aliphatic heterocycles. The SMILES string of the molecule is COC(=O)c1cc(N)ncc1F.Cl. The molecule has 0 spiro atoms. The molecule has 1 heterocycles. The molecule has 1 aromatic rings. The first kappa shape index (κ1) is 11.6. The minimum absolute atomic E-state index is 0. The number of ether oxygens (including phenoxy) is 1. The highest BCUT2D eigenvalue weighted by Gasteiger charge is 2.12. The van der Waals surface area contributed by atoms with Crippen molar-refractivity contribution in [1.82, 2.24) is 4.98 Å². The van der Waals surface area contributed by atoms with E-state index < -0.39 is 11.8 Å². The van der Waals surface area contributed by atoms with E-state index in [1.807, 2.05) is 0 Å². The van der Waals surface area contributed by atoms with Gasteiger partial charge in [-0.1, -0.05) is 0 Å². The fraction of sp³-hybridized carbons (Fsp3) is 0.143. The van der Waals surface area contributed by atoms with Crippen LogP contribution in [-0.4, -0.2) is 18.1 Å². The molecule has 1 rings (SSSR count). The summed E-state index contributed by atoms with van der Waals surface area (Å²) in [6.07, 6.45) is 0.877. The quantitative estimate of drug-likeness (QED) is 0.697. The van der Waals surface area contributed by atoms with Crippen molar-refractivity contribution >= 4 is 24.2 Å². The minimum atomic E-state index is -0.762. The average Bonchev–Trinajstić information content (AvgIpc) is 2.08. The van der Waals surface area contributed by atoms with E-state index in [-0.39, 0.29) is 23.8 Å². The van der Waals surface area contributed by atoms with E-state index in [0.717, 1.165) is 12.3 Å². The maximum Gasteiger partial charge on any atom is 0.341 e. The van der Waals surface area contributed by atoms with Crippen LogP contribution in [0.2, 0.25) is 0 Å². The number of nitrogens with two attached hydrogens (primary N) is 1. The smallest absolute Gasteiger partial charge is 0.341 e. The zero-order chi connectivity index (χ0) is 9.14. The lowest BCUT2D eigenvalue weighted by Gasteiger charge is -2.00. The molecule has 72 valence electrons. The minimum Gasteiger partial charge on any atom is -0.465 e. The summed E-state index contributed by atoms with van der Waals surface area (Å²) in [6, 6.07) is 1.13. The predicted molar refractivity (Wildman–Crippen MR) is 47.2 cm³/mol. The second-order valence-corrected chi connectivity index (χ2v) is 2.08. The molecule has 2 N–H and O–H groups in total. The summed E-state index contributed by atoms with van der Waals surface area (Å²) in [5.41, 5.74) is 5.03. The molecule has 0 atom stereocenters. The molecular weight excluding hydrogens is 199 g/mol. The van der Waals surface area contributed by atoms with Crippen molar-refractivity contribution in [3.05, 3.63) is 23.6 Å². The number of pyridine rings is 1. The van der Waals surface area contributed by atoms with Crippen molar-refractivity contribution in [3.8, 4) is 0 Å². The second kappa shape index (κ2) is 4.61. The van der Waals surface area contributed by atoms with Gasteiger partial charge in [-0.3, -0.25) is 0 Å². The first-order valence-corrected chi connectivity index (χ1v) is 3.14. The Morgan fingerprint density at radius 3 is 2.85 bits per heavy atom. The molecular formula is C7H8ClFN2O2. The zero-order valence-corrected chi connectivity index (χ0v) is 7.60. The fourth-order valence-corrected chi connectivity index (χ4v) is 0.721. The van der Waals surface area contributed by atoms with Crippen LogP contribution in [0.4, 0.5) is 10.2 Å². The van der Waals surface area contributed by atoms with Gasteiger partial charge in [0.2, 0.25) is 0 Å². The van der Waals surface area contributed by atoms with E-state index in [9.17, 15) is 9.18 Å². The highest BCUT2D eigenvalue weighted by atomic mass is 35.5. The number of halogens is 2. The standard InChI is InChI=1S/C7H7FN2O2.ClH/c1-12-7(11)4-2-6(9)10-3-5(4)8;/h2-3H,1H3,(H2,9,10);1H. The van der Waals surface area contributed by atoms with E-state index in [1.54, 1.807) is 0 Å². The first-order valence-electron chi connectivity index (χ1n) is 3.14. The summed E-state index contributed by atoms with van der Waals surface area (Å²) in [4.78, 5) is 14.3. The molecule has 0 aliphatic rings. The predicted octanol–water partition coefficient (Wildman–Crippen LogP) is 1.01. The van der Waals surface area contributed by atoms with E-state index >= 15 is 0 Å². The third kappa shape index (κ3) is 2.55. The lowest BCUT2D eigenvalue weighted by Crippen LogP contribution is -2.06. The highest BCUT2D eigenvalue weighted by Crippen LogP contribution is 2.09. The average molecular weight is 207 g/mol. The van der Waals surface area contributed by atoms with Crippen LogP contribution in [0.1, 0.15) is 10.4 Å². The number of nitrogens with zero attached hydrogens (tertiary/aromatic N) is 1. The van der Waals surface area contributed by atoms with Gasteiger partial charge in [-0.05, 0) is 6.07 Å². The van der Waals surface area contributed by atoms with Gasteiger partial charge in [0.05, 0.1) is 13.3 Å². The number of methoxy groups -OCH3 is 1. The molecule has 0 bridgehead atoms. The lowest BCUT2D eigenvalue weighted by molar-refractivity contribution is 0.0595. The molecule has 0 aliphatic carbocycles. The summed E-state index contributed by atoms with van der Waals surface area (Å²) < 4.78 is 17.1. The van der Waals surface area contributed by atoms with E-state index in [2.05, 4.69) is 9.72 Å². The van der Waals surface area contributed by atoms with Gasteiger partial charge >= 0.3 is 5.97 Å². The zero-order valence-electron chi connectivity index (χ0n) is 6.78. The van der Waals surface area contributed by atoms with Crippen LogP contribution in [0.25, 0.3) is 0 Å². The number of carbonyl (C=O) groups is 1. The molecule has 0 aromatic carbocycles. The Labute approximate surface area is 80.3 Å². The van der Waals surface area contributed by atoms with Gasteiger partial charge in [0.1, 0.15) is 11.4 Å². The van der Waals surface area contributed by atoms with Crippen molar-refractivity contribution in [3.63, 3.8) is 0 Å². The molecule has 0 radical (unpaired) electrons. The maximum absolute atomic E-state index is 12.8. The topological polar surface area (TPSA) is 65.2 Å². The van der Waals surface area contributed by atoms with Crippen LogP contribution in [0.3, 0.4) is 0 Å². The van der Waals surface area contributed by atoms with Gasteiger partial charge in [0.25, 0.3) is 0 Å². The van der Waals surface area contributed by atoms with Crippen molar-refractivity contribution in [1.29, 1.82) is 0 Å². The second-order valence-electron chi connectivity index (χ2n) is 2.08. The van der Waals surface area contributed by atoms with Crippen molar-refractivity contribution in [2.75, 3.05) is 12.8 Å². The first-order chi connectivity index (χ1) is 5.65. The van der Waals surface area contributed by atoms with Gasteiger partial charge in [-0.2, -0.15) is 0 Å². The number of rotatable bonds is 1. The Bertz CT molecular complexity index is 319. The molecule has 0 unspecified atom stereocenters. The van der Waals surface area contributed by atoms with Gasteiger partial charge in [-0.25, -0.2) is 14.2 Å². The summed E-state index contributed by atoms with van der Waals surface area (Å²) >= 11 is 0. The molecule has 0 saturated carbocycles. The molecule has 13 heavy (non-hydrogen) atoms. The highest BCUT2D eigenvalue weighted by molar-refractivity contribution is 5.90. The number of nitrogen functional groups attached to an aromatic ring is 1. The molecule has 4 nitrogen and oxygen atoms in total. The summed E-state index contributed by atoms with van der Waals surface area (Å²) in [5, 5.41) is 0. The number of hydrogen-bond acceptors (Lipinski definition) is 4. The number of hydrogen-bond donors (Lipinski definition) is 1. The Kier molecular flexibility index (Phi) is 4.13. The fourth-order valence-electron chi connectivity index (χ4n) is 0.721. The Morgan fingerprint density at radius 2 is 2.31 bits per heavy atom. The number of anilines is 1. The van der Waals surface area contributed by atoms with Crippen molar-refractivity contribution < 1.29 is 13.9 Å². The van der Waals surface area contributed by atoms with Crippen LogP contribution < -0.4 is 5.73 Å². The molecule has 0 saturated heterocycles. The number of aromatic nitrogens is 1. The van der Waals surface area contributed by atoms with Crippen LogP contribution in [0, 0.1) is 5.82 Å². The largest absolute Gasteiger partial charge is 0.465 e. The third-order valence-electron chi connectivity index (χ3n) is 1.28. The molecule has 1 aromatic heterocycles. The van der Waals surface area contributed by atoms with E-state index in [1.165, 1.54) is 7.11 Å². The van der Waals surface area contributed by atoms with Crippen molar-refractivity contribution in [2.45, 2.75) is 0 Å². The summed E-state index contributed by atoms with van der Waals surface area (Å²) in [6.45, 7) is 0. The van der Waals surface area contributed by atoms with Gasteiger partial charge in [0.15, 0.2) is 5.82 Å². The Balaban J connectivity index is 0.00000144. The van der Waals surface area contributed by atoms with Crippen LogP contribution in [-0.2, 0) is 4.74 Å². The molecule has 0 amide bonds. The van der Waals surface area contributed by atoms with Crippen LogP contribution >= 0.6 is 12.4 Å². The molecule has 0 fully saturated rings. The number of carbonyl (C=O) groups excluding carboxylic acids is 1. The third-order valence-corrected chi connectivity index (χ3v) is 1.28. The maximum atomic E-state index is 12.8. The summed E-state index contributed by atoms with van der Waals surface area (Å²) in [7, 11) is 1.17. The van der Waals surface area contributed by atoms with Gasteiger partial charge in [-0.15, -0.1) is 12.4 Å². The normalized spacial score (nSPS) is 8.77. The van der Waals surface area contributed by atoms with Crippen LogP contribution in [0.15, 0.2) is 12.3 Å². The lowest BCUT2D eigenvalue weighted by atomic mass is 10.2. The van der Waals surface area contributed by atoms with Crippen molar-refractivity contribution in [2.24, 2.45) is 0 Å². The molecule has 6 heteroatoms. The Morgan fingerprint density at radius 1 is 1.69 bits per heavy atom.